The molecule has 0 aliphatic carbocycles. The molecule has 0 spiro atoms. The Balaban J connectivity index is 3.36. The highest BCUT2D eigenvalue weighted by Crippen LogP contribution is 2.22. The van der Waals surface area contributed by atoms with E-state index in [0.717, 1.165) is 12.2 Å². The van der Waals surface area contributed by atoms with Gasteiger partial charge in [0.1, 0.15) is 11.3 Å². The molecule has 0 heterocycles. The molecule has 0 unspecified atom stereocenters. The first-order valence-electron chi connectivity index (χ1n) is 6.09. The molecule has 7 heteroatoms. The second-order valence-corrected chi connectivity index (χ2v) is 4.01. The summed E-state index contributed by atoms with van der Waals surface area (Å²) in [6.07, 6.45) is -4.92. The van der Waals surface area contributed by atoms with Crippen LogP contribution >= 0.6 is 0 Å². The van der Waals surface area contributed by atoms with Crippen LogP contribution in [0.5, 0.6) is 0 Å². The standard InChI is InChI=1S/C14H14F3NO3/c1-3-21-12(10-7-5-4-6-8-10)11(9(2)19)13(20)18-14(15,16)17/h4-8H,3H2,1-2H3,(H,18,20). The van der Waals surface area contributed by atoms with Crippen molar-refractivity contribution in [3.05, 3.63) is 41.5 Å². The number of amides is 1. The second kappa shape index (κ2) is 6.92. The number of benzene rings is 1. The highest BCUT2D eigenvalue weighted by atomic mass is 19.4. The summed E-state index contributed by atoms with van der Waals surface area (Å²) < 4.78 is 42.0. The molecule has 0 aliphatic rings. The largest absolute Gasteiger partial charge is 0.492 e. The van der Waals surface area contributed by atoms with E-state index < -0.39 is 23.6 Å². The molecule has 1 N–H and O–H groups in total. The summed E-state index contributed by atoms with van der Waals surface area (Å²) in [4.78, 5) is 23.3. The number of halogens is 3. The highest BCUT2D eigenvalue weighted by Gasteiger charge is 2.34. The smallest absolute Gasteiger partial charge is 0.484 e. The van der Waals surface area contributed by atoms with Crippen LogP contribution in [-0.2, 0) is 14.3 Å². The van der Waals surface area contributed by atoms with E-state index >= 15 is 0 Å². The number of Topliss-reactive ketones (excluding diaryl/α,β-unsaturated/α-hetero) is 1. The zero-order chi connectivity index (χ0) is 16.0. The molecule has 0 aromatic heterocycles. The van der Waals surface area contributed by atoms with Crippen molar-refractivity contribution in [2.24, 2.45) is 0 Å². The van der Waals surface area contributed by atoms with Crippen molar-refractivity contribution in [3.63, 3.8) is 0 Å². The second-order valence-electron chi connectivity index (χ2n) is 4.01. The quantitative estimate of drug-likeness (QED) is 0.299. The Labute approximate surface area is 119 Å². The number of rotatable bonds is 5. The van der Waals surface area contributed by atoms with Crippen LogP contribution in [-0.4, -0.2) is 24.6 Å². The van der Waals surface area contributed by atoms with Crippen molar-refractivity contribution in [2.45, 2.75) is 20.1 Å². The molecule has 0 saturated carbocycles. The molecule has 21 heavy (non-hydrogen) atoms. The summed E-state index contributed by atoms with van der Waals surface area (Å²) in [7, 11) is 0. The number of ketones is 1. The lowest BCUT2D eigenvalue weighted by molar-refractivity contribution is -0.167. The van der Waals surface area contributed by atoms with Gasteiger partial charge in [-0.05, 0) is 13.8 Å². The summed E-state index contributed by atoms with van der Waals surface area (Å²) in [6, 6.07) is 8.00. The Kier molecular flexibility index (Phi) is 5.52. The number of ether oxygens (including phenoxy) is 1. The number of hydrogen-bond donors (Lipinski definition) is 1. The maximum absolute atomic E-state index is 12.3. The summed E-state index contributed by atoms with van der Waals surface area (Å²) in [5.41, 5.74) is -0.317. The van der Waals surface area contributed by atoms with Gasteiger partial charge in [0.15, 0.2) is 5.78 Å². The number of hydrogen-bond acceptors (Lipinski definition) is 3. The molecular weight excluding hydrogens is 287 g/mol. The Morgan fingerprint density at radius 2 is 1.76 bits per heavy atom. The molecule has 0 bridgehead atoms. The SMILES string of the molecule is CCOC(=C(C(C)=O)C(=O)NC(F)(F)F)c1ccccc1. The van der Waals surface area contributed by atoms with Gasteiger partial charge in [0.25, 0.3) is 5.91 Å². The van der Waals surface area contributed by atoms with Crippen LogP contribution in [0.3, 0.4) is 0 Å². The molecule has 1 aromatic carbocycles. The van der Waals surface area contributed by atoms with Crippen molar-refractivity contribution in [3.8, 4) is 0 Å². The number of carbonyl (C=O) groups excluding carboxylic acids is 2. The Hall–Kier alpha value is -2.31. The van der Waals surface area contributed by atoms with E-state index in [1.165, 1.54) is 12.1 Å². The van der Waals surface area contributed by atoms with E-state index in [1.807, 2.05) is 0 Å². The zero-order valence-electron chi connectivity index (χ0n) is 11.5. The zero-order valence-corrected chi connectivity index (χ0v) is 11.5. The molecule has 114 valence electrons. The van der Waals surface area contributed by atoms with Gasteiger partial charge >= 0.3 is 6.30 Å². The van der Waals surface area contributed by atoms with Gasteiger partial charge in [-0.25, -0.2) is 0 Å². The van der Waals surface area contributed by atoms with Gasteiger partial charge in [0, 0.05) is 5.56 Å². The van der Waals surface area contributed by atoms with Crippen molar-refractivity contribution in [1.82, 2.24) is 5.32 Å². The predicted octanol–water partition coefficient (Wildman–Crippen LogP) is 2.66. The first-order valence-corrected chi connectivity index (χ1v) is 6.09. The lowest BCUT2D eigenvalue weighted by Gasteiger charge is -2.15. The van der Waals surface area contributed by atoms with E-state index in [-0.39, 0.29) is 12.4 Å². The topological polar surface area (TPSA) is 55.4 Å². The molecule has 0 aliphatic heterocycles. The van der Waals surface area contributed by atoms with E-state index in [2.05, 4.69) is 0 Å². The first kappa shape index (κ1) is 16.7. The maximum atomic E-state index is 12.3. The Morgan fingerprint density at radius 3 is 2.19 bits per heavy atom. The summed E-state index contributed by atoms with van der Waals surface area (Å²) >= 11 is 0. The van der Waals surface area contributed by atoms with E-state index in [9.17, 15) is 22.8 Å². The average molecular weight is 301 g/mol. The Bertz CT molecular complexity index is 550. The fourth-order valence-corrected chi connectivity index (χ4v) is 1.65. The minimum absolute atomic E-state index is 0.0975. The van der Waals surface area contributed by atoms with Gasteiger partial charge in [0.2, 0.25) is 0 Å². The van der Waals surface area contributed by atoms with E-state index in [4.69, 9.17) is 4.74 Å². The number of alkyl halides is 3. The molecule has 0 saturated heterocycles. The maximum Gasteiger partial charge on any atom is 0.484 e. The van der Waals surface area contributed by atoms with Gasteiger partial charge in [-0.3, -0.25) is 14.9 Å². The Morgan fingerprint density at radius 1 is 1.19 bits per heavy atom. The first-order chi connectivity index (χ1) is 9.76. The van der Waals surface area contributed by atoms with Gasteiger partial charge in [-0.2, -0.15) is 13.2 Å². The van der Waals surface area contributed by atoms with Gasteiger partial charge in [0.05, 0.1) is 6.61 Å². The van der Waals surface area contributed by atoms with Crippen molar-refractivity contribution >= 4 is 17.4 Å². The fourth-order valence-electron chi connectivity index (χ4n) is 1.65. The monoisotopic (exact) mass is 301 g/mol. The molecule has 1 rings (SSSR count). The van der Waals surface area contributed by atoms with Crippen LogP contribution < -0.4 is 5.32 Å². The average Bonchev–Trinajstić information content (AvgIpc) is 2.36. The van der Waals surface area contributed by atoms with Crippen LogP contribution in [0.2, 0.25) is 0 Å². The van der Waals surface area contributed by atoms with E-state index in [0.29, 0.717) is 5.56 Å². The highest BCUT2D eigenvalue weighted by molar-refractivity contribution is 6.23. The molecule has 0 fully saturated rings. The van der Waals surface area contributed by atoms with Crippen LogP contribution in [0.4, 0.5) is 13.2 Å². The minimum atomic E-state index is -4.92. The van der Waals surface area contributed by atoms with Crippen molar-refractivity contribution < 1.29 is 27.5 Å². The molecule has 1 amide bonds. The lowest BCUT2D eigenvalue weighted by Crippen LogP contribution is -2.39. The molecule has 4 nitrogen and oxygen atoms in total. The predicted molar refractivity (Wildman–Crippen MR) is 69.9 cm³/mol. The molecule has 0 atom stereocenters. The lowest BCUT2D eigenvalue weighted by atomic mass is 10.0. The molecule has 0 radical (unpaired) electrons. The molecular formula is C14H14F3NO3. The third-order valence-electron chi connectivity index (χ3n) is 2.39. The van der Waals surface area contributed by atoms with Gasteiger partial charge < -0.3 is 4.74 Å². The van der Waals surface area contributed by atoms with Crippen LogP contribution in [0.15, 0.2) is 35.9 Å². The normalized spacial score (nSPS) is 12.4. The minimum Gasteiger partial charge on any atom is -0.492 e. The van der Waals surface area contributed by atoms with Crippen molar-refractivity contribution in [2.75, 3.05) is 6.61 Å². The summed E-state index contributed by atoms with van der Waals surface area (Å²) in [5, 5.41) is 0.812. The summed E-state index contributed by atoms with van der Waals surface area (Å²) in [5.74, 6) is -2.53. The third-order valence-corrected chi connectivity index (χ3v) is 2.39. The van der Waals surface area contributed by atoms with Crippen LogP contribution in [0, 0.1) is 0 Å². The van der Waals surface area contributed by atoms with E-state index in [1.54, 1.807) is 25.1 Å². The summed E-state index contributed by atoms with van der Waals surface area (Å²) in [6.45, 7) is 2.70. The van der Waals surface area contributed by atoms with Crippen LogP contribution in [0.1, 0.15) is 19.4 Å². The van der Waals surface area contributed by atoms with Gasteiger partial charge in [-0.1, -0.05) is 30.3 Å². The fraction of sp³-hybridized carbons (Fsp3) is 0.286. The number of nitrogens with one attached hydrogen (secondary N) is 1. The van der Waals surface area contributed by atoms with Crippen molar-refractivity contribution in [1.29, 1.82) is 0 Å². The molecule has 1 aromatic rings. The number of carbonyl (C=O) groups is 2. The van der Waals surface area contributed by atoms with Gasteiger partial charge in [-0.15, -0.1) is 0 Å². The van der Waals surface area contributed by atoms with Crippen LogP contribution in [0.25, 0.3) is 5.76 Å². The third kappa shape index (κ3) is 4.94.